The van der Waals surface area contributed by atoms with Crippen LogP contribution in [0.2, 0.25) is 0 Å². The van der Waals surface area contributed by atoms with Crippen LogP contribution in [0.3, 0.4) is 0 Å². The molecule has 1 heterocycles. The highest BCUT2D eigenvalue weighted by Gasteiger charge is 2.14. The zero-order valence-corrected chi connectivity index (χ0v) is 13.7. The molecule has 3 rings (SSSR count). The predicted octanol–water partition coefficient (Wildman–Crippen LogP) is 3.10. The average Bonchev–Trinajstić information content (AvgIpc) is 3.03. The molecule has 0 spiro atoms. The SMILES string of the molecule is COc1ccc(C)cc1CCNC(=O)Nc1ccc2c(c1)OCO2. The molecule has 6 nitrogen and oxygen atoms in total. The highest BCUT2D eigenvalue weighted by atomic mass is 16.7. The molecule has 0 aromatic heterocycles. The minimum absolute atomic E-state index is 0.212. The van der Waals surface area contributed by atoms with Gasteiger partial charge >= 0.3 is 6.03 Å². The summed E-state index contributed by atoms with van der Waals surface area (Å²) in [6.07, 6.45) is 0.694. The van der Waals surface area contributed by atoms with Gasteiger partial charge in [0.2, 0.25) is 6.79 Å². The summed E-state index contributed by atoms with van der Waals surface area (Å²) in [7, 11) is 1.65. The Hall–Kier alpha value is -2.89. The number of benzene rings is 2. The number of hydrogen-bond donors (Lipinski definition) is 2. The fraction of sp³-hybridized carbons (Fsp3) is 0.278. The van der Waals surface area contributed by atoms with E-state index < -0.39 is 0 Å². The molecule has 24 heavy (non-hydrogen) atoms. The molecular formula is C18H20N2O4. The minimum atomic E-state index is -0.263. The van der Waals surface area contributed by atoms with E-state index in [2.05, 4.69) is 16.7 Å². The van der Waals surface area contributed by atoms with E-state index in [1.165, 1.54) is 0 Å². The number of hydrogen-bond acceptors (Lipinski definition) is 4. The lowest BCUT2D eigenvalue weighted by Gasteiger charge is -2.11. The van der Waals surface area contributed by atoms with Crippen molar-refractivity contribution in [3.05, 3.63) is 47.5 Å². The van der Waals surface area contributed by atoms with Gasteiger partial charge in [-0.05, 0) is 37.1 Å². The normalized spacial score (nSPS) is 11.9. The number of rotatable bonds is 5. The van der Waals surface area contributed by atoms with E-state index in [0.29, 0.717) is 30.2 Å². The van der Waals surface area contributed by atoms with Crippen LogP contribution in [0.5, 0.6) is 17.2 Å². The molecule has 6 heteroatoms. The summed E-state index contributed by atoms with van der Waals surface area (Å²) < 4.78 is 15.9. The molecule has 2 aromatic rings. The summed E-state index contributed by atoms with van der Waals surface area (Å²) in [4.78, 5) is 12.0. The molecule has 1 aliphatic heterocycles. The van der Waals surface area contributed by atoms with Crippen LogP contribution in [0.1, 0.15) is 11.1 Å². The number of anilines is 1. The number of fused-ring (bicyclic) bond motifs is 1. The zero-order chi connectivity index (χ0) is 16.9. The summed E-state index contributed by atoms with van der Waals surface area (Å²) in [6, 6.07) is 11.0. The fourth-order valence-electron chi connectivity index (χ4n) is 2.56. The summed E-state index contributed by atoms with van der Waals surface area (Å²) in [5, 5.41) is 5.62. The smallest absolute Gasteiger partial charge is 0.319 e. The molecule has 0 bridgehead atoms. The predicted molar refractivity (Wildman–Crippen MR) is 91.0 cm³/mol. The van der Waals surface area contributed by atoms with Crippen LogP contribution in [0.15, 0.2) is 36.4 Å². The number of carbonyl (C=O) groups is 1. The molecule has 2 N–H and O–H groups in total. The Morgan fingerprint density at radius 1 is 1.17 bits per heavy atom. The van der Waals surface area contributed by atoms with Gasteiger partial charge in [-0.15, -0.1) is 0 Å². The minimum Gasteiger partial charge on any atom is -0.496 e. The largest absolute Gasteiger partial charge is 0.496 e. The number of carbonyl (C=O) groups excluding carboxylic acids is 1. The summed E-state index contributed by atoms with van der Waals surface area (Å²) in [6.45, 7) is 2.75. The van der Waals surface area contributed by atoms with Crippen LogP contribution in [-0.4, -0.2) is 26.5 Å². The third-order valence-electron chi connectivity index (χ3n) is 3.75. The second-order valence-electron chi connectivity index (χ2n) is 5.51. The number of methoxy groups -OCH3 is 1. The topological polar surface area (TPSA) is 68.8 Å². The van der Waals surface area contributed by atoms with E-state index in [0.717, 1.165) is 16.9 Å². The van der Waals surface area contributed by atoms with Gasteiger partial charge in [0.25, 0.3) is 0 Å². The number of urea groups is 1. The van der Waals surface area contributed by atoms with Crippen molar-refractivity contribution in [1.82, 2.24) is 5.32 Å². The van der Waals surface area contributed by atoms with E-state index in [1.807, 2.05) is 19.1 Å². The lowest BCUT2D eigenvalue weighted by Crippen LogP contribution is -2.30. The van der Waals surface area contributed by atoms with E-state index in [4.69, 9.17) is 14.2 Å². The Labute approximate surface area is 140 Å². The third kappa shape index (κ3) is 3.71. The second kappa shape index (κ2) is 7.12. The Bertz CT molecular complexity index is 746. The molecule has 2 amide bonds. The van der Waals surface area contributed by atoms with Crippen molar-refractivity contribution in [2.45, 2.75) is 13.3 Å². The van der Waals surface area contributed by atoms with Gasteiger partial charge in [0.05, 0.1) is 7.11 Å². The first-order valence-electron chi connectivity index (χ1n) is 7.74. The molecule has 2 aromatic carbocycles. The molecular weight excluding hydrogens is 308 g/mol. The Balaban J connectivity index is 1.52. The van der Waals surface area contributed by atoms with E-state index in [-0.39, 0.29) is 12.8 Å². The van der Waals surface area contributed by atoms with Crippen molar-refractivity contribution in [3.63, 3.8) is 0 Å². The highest BCUT2D eigenvalue weighted by molar-refractivity contribution is 5.89. The standard InChI is InChI=1S/C18H20N2O4/c1-12-3-5-15(22-2)13(9-12)7-8-19-18(21)20-14-4-6-16-17(10-14)24-11-23-16/h3-6,9-10H,7-8,11H2,1-2H3,(H2,19,20,21). The first kappa shape index (κ1) is 16.0. The number of ether oxygens (including phenoxy) is 3. The van der Waals surface area contributed by atoms with Gasteiger partial charge in [-0.3, -0.25) is 0 Å². The maximum Gasteiger partial charge on any atom is 0.319 e. The van der Waals surface area contributed by atoms with E-state index in [9.17, 15) is 4.79 Å². The van der Waals surface area contributed by atoms with Crippen LogP contribution in [0.25, 0.3) is 0 Å². The Morgan fingerprint density at radius 2 is 2.00 bits per heavy atom. The van der Waals surface area contributed by atoms with E-state index in [1.54, 1.807) is 25.3 Å². The fourth-order valence-corrected chi connectivity index (χ4v) is 2.56. The number of amides is 2. The van der Waals surface area contributed by atoms with Crippen LogP contribution in [-0.2, 0) is 6.42 Å². The summed E-state index contributed by atoms with van der Waals surface area (Å²) in [5.41, 5.74) is 2.89. The van der Waals surface area contributed by atoms with E-state index >= 15 is 0 Å². The zero-order valence-electron chi connectivity index (χ0n) is 13.7. The molecule has 126 valence electrons. The highest BCUT2D eigenvalue weighted by Crippen LogP contribution is 2.34. The molecule has 0 aliphatic carbocycles. The quantitative estimate of drug-likeness (QED) is 0.885. The van der Waals surface area contributed by atoms with Crippen molar-refractivity contribution in [2.24, 2.45) is 0 Å². The first-order valence-corrected chi connectivity index (χ1v) is 7.74. The van der Waals surface area contributed by atoms with Crippen LogP contribution in [0.4, 0.5) is 10.5 Å². The van der Waals surface area contributed by atoms with Crippen molar-refractivity contribution in [3.8, 4) is 17.2 Å². The van der Waals surface area contributed by atoms with Gasteiger partial charge in [-0.1, -0.05) is 17.7 Å². The number of aryl methyl sites for hydroxylation is 1. The van der Waals surface area contributed by atoms with Gasteiger partial charge in [-0.2, -0.15) is 0 Å². The second-order valence-corrected chi connectivity index (χ2v) is 5.51. The maximum atomic E-state index is 12.0. The van der Waals surface area contributed by atoms with Crippen molar-refractivity contribution < 1.29 is 19.0 Å². The van der Waals surface area contributed by atoms with Crippen molar-refractivity contribution >= 4 is 11.7 Å². The van der Waals surface area contributed by atoms with Crippen LogP contribution < -0.4 is 24.8 Å². The van der Waals surface area contributed by atoms with Gasteiger partial charge in [-0.25, -0.2) is 4.79 Å². The molecule has 1 aliphatic rings. The van der Waals surface area contributed by atoms with Gasteiger partial charge in [0.1, 0.15) is 5.75 Å². The molecule has 0 fully saturated rings. The molecule has 0 saturated carbocycles. The third-order valence-corrected chi connectivity index (χ3v) is 3.75. The lowest BCUT2D eigenvalue weighted by atomic mass is 10.1. The Morgan fingerprint density at radius 3 is 2.83 bits per heavy atom. The lowest BCUT2D eigenvalue weighted by molar-refractivity contribution is 0.174. The molecule has 0 atom stereocenters. The molecule has 0 saturated heterocycles. The van der Waals surface area contributed by atoms with Gasteiger partial charge in [0, 0.05) is 18.3 Å². The summed E-state index contributed by atoms with van der Waals surface area (Å²) >= 11 is 0. The average molecular weight is 328 g/mol. The van der Waals surface area contributed by atoms with Gasteiger partial charge in [0.15, 0.2) is 11.5 Å². The molecule has 0 unspecified atom stereocenters. The monoisotopic (exact) mass is 328 g/mol. The first-order chi connectivity index (χ1) is 11.7. The molecule has 0 radical (unpaired) electrons. The van der Waals surface area contributed by atoms with Crippen LogP contribution >= 0.6 is 0 Å². The number of nitrogens with one attached hydrogen (secondary N) is 2. The maximum absolute atomic E-state index is 12.0. The summed E-state index contributed by atoms with van der Waals surface area (Å²) in [5.74, 6) is 2.16. The van der Waals surface area contributed by atoms with Crippen LogP contribution in [0, 0.1) is 6.92 Å². The van der Waals surface area contributed by atoms with Gasteiger partial charge < -0.3 is 24.8 Å². The Kier molecular flexibility index (Phi) is 4.74. The van der Waals surface area contributed by atoms with Crippen molar-refractivity contribution in [1.29, 1.82) is 0 Å². The van der Waals surface area contributed by atoms with Crippen molar-refractivity contribution in [2.75, 3.05) is 25.8 Å².